The van der Waals surface area contributed by atoms with Crippen molar-refractivity contribution in [1.29, 1.82) is 0 Å². The van der Waals surface area contributed by atoms with Gasteiger partial charge in [0.15, 0.2) is 0 Å². The maximum atomic E-state index is 11.6. The molecule has 1 saturated heterocycles. The van der Waals surface area contributed by atoms with E-state index >= 15 is 0 Å². The number of hydrogen-bond acceptors (Lipinski definition) is 5. The second-order valence-electron chi connectivity index (χ2n) is 6.15. The molecule has 1 atom stereocenters. The molecule has 6 heteroatoms. The van der Waals surface area contributed by atoms with Crippen LogP contribution in [-0.2, 0) is 4.74 Å². The van der Waals surface area contributed by atoms with E-state index in [-0.39, 0.29) is 18.3 Å². The minimum Gasteiger partial charge on any atom is -0.478 e. The number of hydrogen-bond donors (Lipinski definition) is 2. The third kappa shape index (κ3) is 3.33. The number of aryl methyl sites for hydroxylation is 2. The van der Waals surface area contributed by atoms with E-state index < -0.39 is 11.6 Å². The number of carbonyl (C=O) groups is 1. The standard InChI is InChI=1S/C15H22N2O4/c1-9-5-10(2)16-13(12(9)14(19)20)17-6-11(7-18)21-15(3,4)8-17/h5,11,18H,6-8H2,1-4H3,(H,19,20). The minimum atomic E-state index is -0.986. The first kappa shape index (κ1) is 15.7. The van der Waals surface area contributed by atoms with Crippen molar-refractivity contribution in [3.8, 4) is 0 Å². The average molecular weight is 294 g/mol. The number of rotatable bonds is 3. The summed E-state index contributed by atoms with van der Waals surface area (Å²) in [5, 5.41) is 18.9. The van der Waals surface area contributed by atoms with Crippen LogP contribution >= 0.6 is 0 Å². The van der Waals surface area contributed by atoms with Gasteiger partial charge in [-0.15, -0.1) is 0 Å². The van der Waals surface area contributed by atoms with Crippen LogP contribution in [0, 0.1) is 13.8 Å². The van der Waals surface area contributed by atoms with E-state index in [9.17, 15) is 15.0 Å². The van der Waals surface area contributed by atoms with Crippen molar-refractivity contribution in [3.63, 3.8) is 0 Å². The number of ether oxygens (including phenoxy) is 1. The Morgan fingerprint density at radius 1 is 1.52 bits per heavy atom. The molecule has 21 heavy (non-hydrogen) atoms. The third-order valence-corrected chi connectivity index (χ3v) is 3.52. The number of morpholine rings is 1. The molecular weight excluding hydrogens is 272 g/mol. The fourth-order valence-corrected chi connectivity index (χ4v) is 2.86. The van der Waals surface area contributed by atoms with E-state index in [1.807, 2.05) is 25.7 Å². The molecule has 2 rings (SSSR count). The second-order valence-corrected chi connectivity index (χ2v) is 6.15. The summed E-state index contributed by atoms with van der Waals surface area (Å²) in [6.45, 7) is 8.31. The lowest BCUT2D eigenvalue weighted by atomic mass is 10.0. The average Bonchev–Trinajstić information content (AvgIpc) is 2.35. The Bertz CT molecular complexity index is 557. The molecule has 0 saturated carbocycles. The van der Waals surface area contributed by atoms with Gasteiger partial charge in [0.25, 0.3) is 0 Å². The molecule has 0 bridgehead atoms. The lowest BCUT2D eigenvalue weighted by Crippen LogP contribution is -2.54. The first-order valence-corrected chi connectivity index (χ1v) is 6.98. The summed E-state index contributed by atoms with van der Waals surface area (Å²) in [7, 11) is 0. The summed E-state index contributed by atoms with van der Waals surface area (Å²) in [5.41, 5.74) is 1.21. The quantitative estimate of drug-likeness (QED) is 0.876. The summed E-state index contributed by atoms with van der Waals surface area (Å²) >= 11 is 0. The lowest BCUT2D eigenvalue weighted by Gasteiger charge is -2.43. The number of aromatic carboxylic acids is 1. The van der Waals surface area contributed by atoms with Gasteiger partial charge in [0.2, 0.25) is 0 Å². The van der Waals surface area contributed by atoms with Crippen molar-refractivity contribution in [1.82, 2.24) is 4.98 Å². The van der Waals surface area contributed by atoms with Gasteiger partial charge >= 0.3 is 5.97 Å². The smallest absolute Gasteiger partial charge is 0.339 e. The molecule has 0 aliphatic carbocycles. The number of aliphatic hydroxyl groups is 1. The Morgan fingerprint density at radius 2 is 2.19 bits per heavy atom. The van der Waals surface area contributed by atoms with Crippen LogP contribution in [0.3, 0.4) is 0 Å². The van der Waals surface area contributed by atoms with E-state index in [2.05, 4.69) is 4.98 Å². The highest BCUT2D eigenvalue weighted by Gasteiger charge is 2.35. The minimum absolute atomic E-state index is 0.104. The van der Waals surface area contributed by atoms with Gasteiger partial charge in [-0.2, -0.15) is 0 Å². The first-order valence-electron chi connectivity index (χ1n) is 6.98. The molecule has 2 heterocycles. The zero-order valence-corrected chi connectivity index (χ0v) is 12.9. The fourth-order valence-electron chi connectivity index (χ4n) is 2.86. The van der Waals surface area contributed by atoms with E-state index in [1.165, 1.54) is 0 Å². The van der Waals surface area contributed by atoms with Crippen molar-refractivity contribution >= 4 is 11.8 Å². The van der Waals surface area contributed by atoms with Crippen LogP contribution in [0.2, 0.25) is 0 Å². The summed E-state index contributed by atoms with van der Waals surface area (Å²) in [4.78, 5) is 17.9. The van der Waals surface area contributed by atoms with Crippen molar-refractivity contribution < 1.29 is 19.7 Å². The van der Waals surface area contributed by atoms with Gasteiger partial charge in [-0.3, -0.25) is 0 Å². The molecule has 1 aromatic rings. The molecule has 1 aromatic heterocycles. The van der Waals surface area contributed by atoms with Gasteiger partial charge in [0.05, 0.1) is 18.3 Å². The zero-order chi connectivity index (χ0) is 15.8. The number of nitrogens with zero attached hydrogens (tertiary/aromatic N) is 2. The normalized spacial score (nSPS) is 21.4. The number of carboxylic acid groups (broad SMARTS) is 1. The van der Waals surface area contributed by atoms with E-state index in [0.29, 0.717) is 24.5 Å². The summed E-state index contributed by atoms with van der Waals surface area (Å²) in [6.07, 6.45) is -0.349. The Hall–Kier alpha value is -1.66. The number of carboxylic acids is 1. The maximum absolute atomic E-state index is 11.6. The van der Waals surface area contributed by atoms with Gasteiger partial charge in [-0.25, -0.2) is 9.78 Å². The van der Waals surface area contributed by atoms with Gasteiger partial charge < -0.3 is 19.8 Å². The maximum Gasteiger partial charge on any atom is 0.339 e. The Labute approximate surface area is 124 Å². The lowest BCUT2D eigenvalue weighted by molar-refractivity contribution is -0.101. The Morgan fingerprint density at radius 3 is 2.76 bits per heavy atom. The SMILES string of the molecule is Cc1cc(C)c(C(=O)O)c(N2CC(CO)OC(C)(C)C2)n1. The molecule has 1 aliphatic heterocycles. The molecule has 0 aromatic carbocycles. The fraction of sp³-hybridized carbons (Fsp3) is 0.600. The number of aliphatic hydroxyl groups excluding tert-OH is 1. The third-order valence-electron chi connectivity index (χ3n) is 3.52. The van der Waals surface area contributed by atoms with E-state index in [4.69, 9.17) is 4.74 Å². The largest absolute Gasteiger partial charge is 0.478 e. The van der Waals surface area contributed by atoms with Gasteiger partial charge in [-0.05, 0) is 39.3 Å². The van der Waals surface area contributed by atoms with Crippen LogP contribution in [0.5, 0.6) is 0 Å². The van der Waals surface area contributed by atoms with Crippen LogP contribution < -0.4 is 4.90 Å². The molecule has 1 aliphatic rings. The van der Waals surface area contributed by atoms with E-state index in [0.717, 1.165) is 5.69 Å². The Kier molecular flexibility index (Phi) is 4.20. The van der Waals surface area contributed by atoms with Crippen LogP contribution in [0.15, 0.2) is 6.07 Å². The predicted molar refractivity (Wildman–Crippen MR) is 78.9 cm³/mol. The molecule has 116 valence electrons. The summed E-state index contributed by atoms with van der Waals surface area (Å²) in [6, 6.07) is 1.77. The number of anilines is 1. The van der Waals surface area contributed by atoms with E-state index in [1.54, 1.807) is 13.0 Å². The number of pyridine rings is 1. The predicted octanol–water partition coefficient (Wildman–Crippen LogP) is 1.37. The highest BCUT2D eigenvalue weighted by Crippen LogP contribution is 2.29. The second kappa shape index (κ2) is 5.61. The molecule has 1 fully saturated rings. The topological polar surface area (TPSA) is 82.9 Å². The molecule has 0 radical (unpaired) electrons. The van der Waals surface area contributed by atoms with Crippen LogP contribution in [0.4, 0.5) is 5.82 Å². The number of aromatic nitrogens is 1. The zero-order valence-electron chi connectivity index (χ0n) is 12.9. The molecule has 1 unspecified atom stereocenters. The first-order chi connectivity index (χ1) is 9.73. The van der Waals surface area contributed by atoms with Gasteiger partial charge in [-0.1, -0.05) is 0 Å². The van der Waals surface area contributed by atoms with Crippen LogP contribution in [0.25, 0.3) is 0 Å². The van der Waals surface area contributed by atoms with Gasteiger partial charge in [0, 0.05) is 18.8 Å². The highest BCUT2D eigenvalue weighted by atomic mass is 16.5. The monoisotopic (exact) mass is 294 g/mol. The van der Waals surface area contributed by atoms with Crippen LogP contribution in [-0.4, -0.2) is 52.6 Å². The summed E-state index contributed by atoms with van der Waals surface area (Å²) < 4.78 is 5.77. The molecular formula is C15H22N2O4. The van der Waals surface area contributed by atoms with Crippen molar-refractivity contribution in [2.45, 2.75) is 39.4 Å². The van der Waals surface area contributed by atoms with Crippen molar-refractivity contribution in [2.75, 3.05) is 24.6 Å². The summed E-state index contributed by atoms with van der Waals surface area (Å²) in [5.74, 6) is -0.533. The molecule has 2 N–H and O–H groups in total. The molecule has 0 amide bonds. The Balaban J connectivity index is 2.47. The van der Waals surface area contributed by atoms with Crippen molar-refractivity contribution in [3.05, 3.63) is 22.9 Å². The van der Waals surface area contributed by atoms with Crippen LogP contribution in [0.1, 0.15) is 35.5 Å². The van der Waals surface area contributed by atoms with Gasteiger partial charge in [0.1, 0.15) is 11.4 Å². The molecule has 6 nitrogen and oxygen atoms in total. The molecule has 0 spiro atoms. The van der Waals surface area contributed by atoms with Crippen molar-refractivity contribution in [2.24, 2.45) is 0 Å². The highest BCUT2D eigenvalue weighted by molar-refractivity contribution is 5.95.